The zero-order chi connectivity index (χ0) is 12.6. The van der Waals surface area contributed by atoms with Crippen LogP contribution < -0.4 is 5.43 Å². The Labute approximate surface area is 98.4 Å². The second-order valence-corrected chi connectivity index (χ2v) is 3.25. The summed E-state index contributed by atoms with van der Waals surface area (Å²) in [5.74, 6) is -0.0349. The molecule has 1 aromatic carbocycles. The second kappa shape index (κ2) is 7.88. The van der Waals surface area contributed by atoms with Crippen LogP contribution in [0.1, 0.15) is 32.3 Å². The molecule has 1 rings (SSSR count). The van der Waals surface area contributed by atoms with Crippen LogP contribution in [0.15, 0.2) is 30.3 Å². The summed E-state index contributed by atoms with van der Waals surface area (Å²) in [6.07, 6.45) is 0. The molecule has 1 atom stereocenters. The van der Waals surface area contributed by atoms with Crippen LogP contribution in [0.3, 0.4) is 0 Å². The van der Waals surface area contributed by atoms with Crippen molar-refractivity contribution in [3.8, 4) is 0 Å². The minimum absolute atomic E-state index is 0.0682. The van der Waals surface area contributed by atoms with Gasteiger partial charge in [-0.05, 0) is 12.5 Å². The zero-order valence-corrected chi connectivity index (χ0v) is 10.8. The molecule has 0 fully saturated rings. The van der Waals surface area contributed by atoms with Crippen molar-refractivity contribution in [2.75, 3.05) is 14.1 Å². The standard InChI is InChI=1S/C11H16N2O.C2H6/c1-9(11(14)13(3)12-2)10-7-5-4-6-8-10;1-2/h4-9,12H,1-3H3;1-2H3. The number of hydrogen-bond donors (Lipinski definition) is 1. The molecule has 0 spiro atoms. The van der Waals surface area contributed by atoms with Gasteiger partial charge in [-0.15, -0.1) is 0 Å². The van der Waals surface area contributed by atoms with Crippen LogP contribution in [-0.2, 0) is 4.79 Å². The fourth-order valence-corrected chi connectivity index (χ4v) is 1.28. The van der Waals surface area contributed by atoms with E-state index in [1.807, 2.05) is 51.1 Å². The Balaban J connectivity index is 0.00000106. The first kappa shape index (κ1) is 14.6. The number of hydrogen-bond acceptors (Lipinski definition) is 2. The largest absolute Gasteiger partial charge is 0.281 e. The van der Waals surface area contributed by atoms with Gasteiger partial charge in [0.25, 0.3) is 0 Å². The van der Waals surface area contributed by atoms with Gasteiger partial charge in [-0.1, -0.05) is 44.2 Å². The fraction of sp³-hybridized carbons (Fsp3) is 0.462. The monoisotopic (exact) mass is 222 g/mol. The van der Waals surface area contributed by atoms with Crippen molar-refractivity contribution in [2.24, 2.45) is 0 Å². The van der Waals surface area contributed by atoms with Gasteiger partial charge in [0.1, 0.15) is 0 Å². The van der Waals surface area contributed by atoms with Gasteiger partial charge in [-0.3, -0.25) is 9.80 Å². The van der Waals surface area contributed by atoms with Crippen LogP contribution in [0.25, 0.3) is 0 Å². The lowest BCUT2D eigenvalue weighted by atomic mass is 10.0. The van der Waals surface area contributed by atoms with E-state index in [0.29, 0.717) is 0 Å². The van der Waals surface area contributed by atoms with Crippen molar-refractivity contribution in [1.82, 2.24) is 10.4 Å². The number of benzene rings is 1. The summed E-state index contributed by atoms with van der Waals surface area (Å²) < 4.78 is 0. The highest BCUT2D eigenvalue weighted by molar-refractivity contribution is 5.82. The molecule has 3 nitrogen and oxygen atoms in total. The molecule has 0 heterocycles. The van der Waals surface area contributed by atoms with Gasteiger partial charge in [0, 0.05) is 14.1 Å². The van der Waals surface area contributed by atoms with Crippen molar-refractivity contribution in [2.45, 2.75) is 26.7 Å². The molecule has 0 aliphatic heterocycles. The Kier molecular flexibility index (Phi) is 7.21. The van der Waals surface area contributed by atoms with Crippen molar-refractivity contribution in [3.63, 3.8) is 0 Å². The lowest BCUT2D eigenvalue weighted by Crippen LogP contribution is -2.39. The van der Waals surface area contributed by atoms with Gasteiger partial charge < -0.3 is 0 Å². The van der Waals surface area contributed by atoms with Gasteiger partial charge in [-0.2, -0.15) is 0 Å². The molecule has 0 saturated carbocycles. The second-order valence-electron chi connectivity index (χ2n) is 3.25. The Bertz CT molecular complexity index is 298. The third kappa shape index (κ3) is 4.03. The van der Waals surface area contributed by atoms with Gasteiger partial charge in [-0.25, -0.2) is 5.43 Å². The van der Waals surface area contributed by atoms with E-state index >= 15 is 0 Å². The molecule has 3 heteroatoms. The van der Waals surface area contributed by atoms with Gasteiger partial charge in [0.2, 0.25) is 5.91 Å². The molecule has 0 aliphatic carbocycles. The highest BCUT2D eigenvalue weighted by Crippen LogP contribution is 2.15. The topological polar surface area (TPSA) is 32.3 Å². The number of nitrogens with one attached hydrogen (secondary N) is 1. The van der Waals surface area contributed by atoms with Crippen LogP contribution >= 0.6 is 0 Å². The number of carbonyl (C=O) groups is 1. The van der Waals surface area contributed by atoms with Gasteiger partial charge >= 0.3 is 0 Å². The molecule has 1 amide bonds. The van der Waals surface area contributed by atoms with Crippen LogP contribution in [0, 0.1) is 0 Å². The summed E-state index contributed by atoms with van der Waals surface area (Å²) in [6.45, 7) is 5.91. The first-order valence-electron chi connectivity index (χ1n) is 5.66. The summed E-state index contributed by atoms with van der Waals surface area (Å²) in [5.41, 5.74) is 3.84. The average Bonchev–Trinajstić information content (AvgIpc) is 2.39. The lowest BCUT2D eigenvalue weighted by molar-refractivity contribution is -0.133. The molecule has 16 heavy (non-hydrogen) atoms. The summed E-state index contributed by atoms with van der Waals surface area (Å²) >= 11 is 0. The van der Waals surface area contributed by atoms with E-state index in [0.717, 1.165) is 5.56 Å². The fourth-order valence-electron chi connectivity index (χ4n) is 1.28. The number of nitrogens with zero attached hydrogens (tertiary/aromatic N) is 1. The van der Waals surface area contributed by atoms with Crippen LogP contribution in [0.5, 0.6) is 0 Å². The Morgan fingerprint density at radius 1 is 1.25 bits per heavy atom. The number of rotatable bonds is 3. The van der Waals surface area contributed by atoms with E-state index in [4.69, 9.17) is 0 Å². The van der Waals surface area contributed by atoms with Gasteiger partial charge in [0.05, 0.1) is 5.92 Å². The number of carbonyl (C=O) groups excluding carboxylic acids is 1. The molecule has 90 valence electrons. The molecule has 0 bridgehead atoms. The first-order chi connectivity index (χ1) is 7.66. The quantitative estimate of drug-likeness (QED) is 0.797. The number of likely N-dealkylation sites (N-methyl/N-ethyl adjacent to an activating group) is 1. The van der Waals surface area contributed by atoms with E-state index < -0.39 is 0 Å². The van der Waals surface area contributed by atoms with E-state index in [9.17, 15) is 4.79 Å². The molecule has 0 aliphatic rings. The maximum atomic E-state index is 11.7. The maximum Gasteiger partial charge on any atom is 0.243 e. The smallest absolute Gasteiger partial charge is 0.243 e. The molecular weight excluding hydrogens is 200 g/mol. The summed E-state index contributed by atoms with van der Waals surface area (Å²) in [6, 6.07) is 9.76. The van der Waals surface area contributed by atoms with Crippen molar-refractivity contribution < 1.29 is 4.79 Å². The first-order valence-corrected chi connectivity index (χ1v) is 5.66. The highest BCUT2D eigenvalue weighted by atomic mass is 16.2. The molecule has 0 saturated heterocycles. The van der Waals surface area contributed by atoms with Crippen LogP contribution in [-0.4, -0.2) is 25.0 Å². The Morgan fingerprint density at radius 3 is 2.19 bits per heavy atom. The predicted octanol–water partition coefficient (Wildman–Crippen LogP) is 2.41. The van der Waals surface area contributed by atoms with Crippen molar-refractivity contribution >= 4 is 5.91 Å². The van der Waals surface area contributed by atoms with E-state index in [1.165, 1.54) is 5.01 Å². The highest BCUT2D eigenvalue weighted by Gasteiger charge is 2.17. The normalized spacial score (nSPS) is 11.1. The number of amides is 1. The molecule has 1 aromatic rings. The average molecular weight is 222 g/mol. The summed E-state index contributed by atoms with van der Waals surface area (Å²) in [4.78, 5) is 11.7. The third-order valence-corrected chi connectivity index (χ3v) is 2.34. The summed E-state index contributed by atoms with van der Waals surface area (Å²) in [7, 11) is 3.46. The van der Waals surface area contributed by atoms with Crippen LogP contribution in [0.4, 0.5) is 0 Å². The Morgan fingerprint density at radius 2 is 1.75 bits per heavy atom. The minimum atomic E-state index is -0.103. The van der Waals surface area contributed by atoms with Crippen LogP contribution in [0.2, 0.25) is 0 Å². The van der Waals surface area contributed by atoms with E-state index in [1.54, 1.807) is 14.1 Å². The SMILES string of the molecule is CC.CNN(C)C(=O)C(C)c1ccccc1. The predicted molar refractivity (Wildman–Crippen MR) is 68.0 cm³/mol. The number of hydrazine groups is 1. The molecular formula is C13H22N2O. The zero-order valence-electron chi connectivity index (χ0n) is 10.8. The summed E-state index contributed by atoms with van der Waals surface area (Å²) in [5, 5.41) is 1.50. The Hall–Kier alpha value is -1.35. The maximum absolute atomic E-state index is 11.7. The molecule has 0 aromatic heterocycles. The molecule has 0 radical (unpaired) electrons. The van der Waals surface area contributed by atoms with Gasteiger partial charge in [0.15, 0.2) is 0 Å². The van der Waals surface area contributed by atoms with Crippen molar-refractivity contribution in [1.29, 1.82) is 0 Å². The minimum Gasteiger partial charge on any atom is -0.281 e. The molecule has 1 unspecified atom stereocenters. The van der Waals surface area contributed by atoms with E-state index in [2.05, 4.69) is 5.43 Å². The van der Waals surface area contributed by atoms with Crippen molar-refractivity contribution in [3.05, 3.63) is 35.9 Å². The van der Waals surface area contributed by atoms with E-state index in [-0.39, 0.29) is 11.8 Å². The third-order valence-electron chi connectivity index (χ3n) is 2.34. The lowest BCUT2D eigenvalue weighted by Gasteiger charge is -2.20. The molecule has 1 N–H and O–H groups in total.